The summed E-state index contributed by atoms with van der Waals surface area (Å²) in [6.07, 6.45) is 3.29. The molecule has 3 aromatic rings. The molecule has 0 fully saturated rings. The van der Waals surface area contributed by atoms with Crippen molar-refractivity contribution >= 4 is 28.7 Å². The van der Waals surface area contributed by atoms with E-state index in [1.165, 1.54) is 24.3 Å². The van der Waals surface area contributed by atoms with Crippen molar-refractivity contribution in [2.24, 2.45) is 5.92 Å². The number of carbonyl (C=O) groups is 1. The van der Waals surface area contributed by atoms with Gasteiger partial charge in [0, 0.05) is 40.9 Å². The maximum absolute atomic E-state index is 15.1. The van der Waals surface area contributed by atoms with Gasteiger partial charge in [0.2, 0.25) is 0 Å². The van der Waals surface area contributed by atoms with Crippen molar-refractivity contribution in [3.05, 3.63) is 58.7 Å². The predicted molar refractivity (Wildman–Crippen MR) is 131 cm³/mol. The molecule has 1 unspecified atom stereocenters. The molecule has 0 radical (unpaired) electrons. The van der Waals surface area contributed by atoms with Crippen molar-refractivity contribution in [2.75, 3.05) is 6.54 Å². The lowest BCUT2D eigenvalue weighted by atomic mass is 10.0. The fourth-order valence-electron chi connectivity index (χ4n) is 3.61. The number of hydrogen-bond donors (Lipinski definition) is 0. The molecule has 34 heavy (non-hydrogen) atoms. The zero-order chi connectivity index (χ0) is 25.0. The summed E-state index contributed by atoms with van der Waals surface area (Å²) in [6.45, 7) is 10.1. The van der Waals surface area contributed by atoms with Crippen LogP contribution in [0.2, 0.25) is 0 Å². The van der Waals surface area contributed by atoms with E-state index in [0.29, 0.717) is 33.5 Å². The van der Waals surface area contributed by atoms with Gasteiger partial charge in [-0.1, -0.05) is 39.8 Å². The molecule has 0 bridgehead atoms. The van der Waals surface area contributed by atoms with Crippen LogP contribution in [0.3, 0.4) is 0 Å². The van der Waals surface area contributed by atoms with Crippen LogP contribution in [0, 0.1) is 11.7 Å². The van der Waals surface area contributed by atoms with Gasteiger partial charge < -0.3 is 13.9 Å². The maximum Gasteiger partial charge on any atom is 0.427 e. The summed E-state index contributed by atoms with van der Waals surface area (Å²) in [6, 6.07) is 6.79. The molecule has 2 aromatic heterocycles. The topological polar surface area (TPSA) is 87.5 Å². The van der Waals surface area contributed by atoms with Gasteiger partial charge in [0.05, 0.1) is 17.8 Å². The van der Waals surface area contributed by atoms with Gasteiger partial charge in [-0.3, -0.25) is 4.21 Å². The molecule has 0 N–H and O–H groups in total. The van der Waals surface area contributed by atoms with Crippen molar-refractivity contribution in [3.63, 3.8) is 0 Å². The zero-order valence-electron chi connectivity index (χ0n) is 19.9. The first-order chi connectivity index (χ1) is 16.1. The zero-order valence-corrected chi connectivity index (χ0v) is 21.5. The maximum atomic E-state index is 15.1. The largest absolute Gasteiger partial charge is 0.755 e. The Kier molecular flexibility index (Phi) is 8.62. The van der Waals surface area contributed by atoms with Crippen LogP contribution in [0.25, 0.3) is 11.1 Å². The molecule has 1 atom stereocenters. The Bertz CT molecular complexity index is 1170. The second-order valence-electron chi connectivity index (χ2n) is 8.67. The second-order valence-corrected chi connectivity index (χ2v) is 10.6. The normalized spacial score (nSPS) is 12.4. The summed E-state index contributed by atoms with van der Waals surface area (Å²) < 4.78 is 45.7. The minimum absolute atomic E-state index is 0.0511. The van der Waals surface area contributed by atoms with Crippen molar-refractivity contribution in [3.8, 4) is 16.2 Å². The smallest absolute Gasteiger partial charge is 0.427 e. The third-order valence-corrected chi connectivity index (χ3v) is 6.98. The number of imidazole rings is 1. The van der Waals surface area contributed by atoms with Gasteiger partial charge in [-0.15, -0.1) is 11.3 Å². The van der Waals surface area contributed by atoms with Crippen molar-refractivity contribution in [1.82, 2.24) is 13.9 Å². The monoisotopic (exact) mass is 506 g/mol. The highest BCUT2D eigenvalue weighted by atomic mass is 32.2. The molecule has 7 nitrogen and oxygen atoms in total. The van der Waals surface area contributed by atoms with Gasteiger partial charge in [0.1, 0.15) is 11.6 Å². The molecule has 0 saturated heterocycles. The van der Waals surface area contributed by atoms with E-state index in [-0.39, 0.29) is 23.3 Å². The molecule has 1 aromatic carbocycles. The summed E-state index contributed by atoms with van der Waals surface area (Å²) in [7, 11) is 0. The molecule has 2 heterocycles. The Morgan fingerprint density at radius 2 is 2.03 bits per heavy atom. The first-order valence-corrected chi connectivity index (χ1v) is 13.0. The molecular formula is C24H29FN3O4S2-. The van der Waals surface area contributed by atoms with Gasteiger partial charge in [0.25, 0.3) is 0 Å². The van der Waals surface area contributed by atoms with Crippen molar-refractivity contribution in [1.29, 1.82) is 0 Å². The number of halogens is 1. The predicted octanol–water partition coefficient (Wildman–Crippen LogP) is 5.74. The fourth-order valence-corrected chi connectivity index (χ4v) is 5.21. The van der Waals surface area contributed by atoms with E-state index >= 15 is 4.39 Å². The van der Waals surface area contributed by atoms with Crippen LogP contribution in [0.5, 0.6) is 5.06 Å². The van der Waals surface area contributed by atoms with Crippen LogP contribution in [-0.2, 0) is 24.2 Å². The first-order valence-electron chi connectivity index (χ1n) is 11.1. The van der Waals surface area contributed by atoms with E-state index in [9.17, 15) is 13.6 Å². The molecule has 0 aliphatic rings. The minimum Gasteiger partial charge on any atom is -0.755 e. The quantitative estimate of drug-likeness (QED) is 0.346. The third kappa shape index (κ3) is 6.11. The SMILES string of the molecule is CCN(C(=O)Oc1sc(CC(C)C)cc1-c1ccc(Cn2ccnc2C(C)C)c(F)c1)S(=O)[O-]. The molecular weight excluding hydrogens is 477 g/mol. The summed E-state index contributed by atoms with van der Waals surface area (Å²) in [5, 5.41) is 0.244. The van der Waals surface area contributed by atoms with Crippen molar-refractivity contribution < 1.29 is 22.7 Å². The number of rotatable bonds is 9. The average Bonchev–Trinajstić information content (AvgIpc) is 3.36. The van der Waals surface area contributed by atoms with Crippen LogP contribution in [-0.4, -0.2) is 35.3 Å². The lowest BCUT2D eigenvalue weighted by molar-refractivity contribution is 0.181. The number of hydrogen-bond acceptors (Lipinski definition) is 6. The van der Waals surface area contributed by atoms with Crippen LogP contribution in [0.4, 0.5) is 9.18 Å². The number of nitrogens with zero attached hydrogens (tertiary/aromatic N) is 3. The molecule has 1 amide bonds. The van der Waals surface area contributed by atoms with E-state index in [2.05, 4.69) is 18.8 Å². The number of carbonyl (C=O) groups excluding carboxylic acids is 1. The highest BCUT2D eigenvalue weighted by Crippen LogP contribution is 2.40. The Balaban J connectivity index is 1.93. The van der Waals surface area contributed by atoms with E-state index in [1.54, 1.807) is 18.3 Å². The van der Waals surface area contributed by atoms with Gasteiger partial charge in [-0.05, 0) is 37.0 Å². The number of amides is 1. The highest BCUT2D eigenvalue weighted by Gasteiger charge is 2.21. The Labute approximate surface area is 206 Å². The lowest BCUT2D eigenvalue weighted by Crippen LogP contribution is -2.34. The number of thiophene rings is 1. The van der Waals surface area contributed by atoms with Crippen LogP contribution in [0.15, 0.2) is 36.7 Å². The molecule has 0 spiro atoms. The molecule has 0 aliphatic carbocycles. The number of aromatic nitrogens is 2. The van der Waals surface area contributed by atoms with Crippen LogP contribution in [0.1, 0.15) is 56.8 Å². The summed E-state index contributed by atoms with van der Waals surface area (Å²) in [5.41, 5.74) is 1.62. The van der Waals surface area contributed by atoms with Gasteiger partial charge in [0.15, 0.2) is 5.06 Å². The van der Waals surface area contributed by atoms with E-state index in [4.69, 9.17) is 4.74 Å². The van der Waals surface area contributed by atoms with E-state index < -0.39 is 17.4 Å². The first kappa shape index (κ1) is 26.1. The molecule has 0 saturated carbocycles. The molecule has 3 rings (SSSR count). The van der Waals surface area contributed by atoms with Crippen molar-refractivity contribution in [2.45, 2.75) is 53.5 Å². The number of ether oxygens (including phenoxy) is 1. The number of benzene rings is 1. The Morgan fingerprint density at radius 1 is 1.29 bits per heavy atom. The van der Waals surface area contributed by atoms with E-state index in [1.807, 2.05) is 30.7 Å². The van der Waals surface area contributed by atoms with Crippen LogP contribution < -0.4 is 4.74 Å². The highest BCUT2D eigenvalue weighted by molar-refractivity contribution is 7.77. The summed E-state index contributed by atoms with van der Waals surface area (Å²) in [4.78, 5) is 17.7. The molecule has 184 valence electrons. The minimum atomic E-state index is -2.74. The van der Waals surface area contributed by atoms with Gasteiger partial charge in [-0.25, -0.2) is 18.5 Å². The lowest BCUT2D eigenvalue weighted by Gasteiger charge is -2.21. The Hall–Kier alpha value is -2.56. The summed E-state index contributed by atoms with van der Waals surface area (Å²) in [5.74, 6) is 1.07. The van der Waals surface area contributed by atoms with Gasteiger partial charge >= 0.3 is 6.09 Å². The average molecular weight is 507 g/mol. The molecule has 0 aliphatic heterocycles. The second kappa shape index (κ2) is 11.2. The van der Waals surface area contributed by atoms with Gasteiger partial charge in [-0.2, -0.15) is 0 Å². The summed E-state index contributed by atoms with van der Waals surface area (Å²) >= 11 is -1.48. The van der Waals surface area contributed by atoms with E-state index in [0.717, 1.165) is 17.1 Å². The molecule has 10 heteroatoms. The fraction of sp³-hybridized carbons (Fsp3) is 0.417. The Morgan fingerprint density at radius 3 is 2.62 bits per heavy atom. The third-order valence-electron chi connectivity index (χ3n) is 5.18. The van der Waals surface area contributed by atoms with Crippen LogP contribution >= 0.6 is 11.3 Å². The standard InChI is InChI=1S/C24H30FN3O4S2/c1-6-28(34(30)31)24(29)32-23-20(13-19(33-23)11-15(2)3)17-7-8-18(21(25)12-17)14-27-10-9-26-22(27)16(4)5/h7-10,12-13,15-16H,6,11,14H2,1-5H3,(H,30,31)/p-1.